The SMILES string of the molecule is Cl.Cl.O=C(CCC1CCNC1)NCc1ccc(NC(=O)c2ccncc2)cc1. The molecule has 1 aliphatic rings. The predicted octanol–water partition coefficient (Wildman–Crippen LogP) is 3.18. The van der Waals surface area contributed by atoms with E-state index in [0.29, 0.717) is 24.4 Å². The summed E-state index contributed by atoms with van der Waals surface area (Å²) in [5.41, 5.74) is 2.28. The zero-order chi connectivity index (χ0) is 18.2. The number of carbonyl (C=O) groups excluding carboxylic acids is 2. The van der Waals surface area contributed by atoms with E-state index in [2.05, 4.69) is 20.9 Å². The Morgan fingerprint density at radius 3 is 2.43 bits per heavy atom. The average molecular weight is 425 g/mol. The number of aromatic nitrogens is 1. The number of carbonyl (C=O) groups is 2. The van der Waals surface area contributed by atoms with E-state index in [1.807, 2.05) is 24.3 Å². The van der Waals surface area contributed by atoms with Crippen LogP contribution >= 0.6 is 24.8 Å². The molecule has 3 rings (SSSR count). The fourth-order valence-corrected chi connectivity index (χ4v) is 3.00. The molecule has 2 amide bonds. The van der Waals surface area contributed by atoms with Crippen molar-refractivity contribution < 1.29 is 9.59 Å². The fraction of sp³-hybridized carbons (Fsp3) is 0.350. The first kappa shape index (κ1) is 23.9. The van der Waals surface area contributed by atoms with Gasteiger partial charge in [-0.15, -0.1) is 24.8 Å². The summed E-state index contributed by atoms with van der Waals surface area (Å²) in [7, 11) is 0. The molecule has 2 aromatic rings. The van der Waals surface area contributed by atoms with Crippen LogP contribution < -0.4 is 16.0 Å². The quantitative estimate of drug-likeness (QED) is 0.637. The van der Waals surface area contributed by atoms with Gasteiger partial charge < -0.3 is 16.0 Å². The minimum absolute atomic E-state index is 0. The zero-order valence-corrected chi connectivity index (χ0v) is 17.2. The summed E-state index contributed by atoms with van der Waals surface area (Å²) in [6.07, 6.45) is 5.86. The van der Waals surface area contributed by atoms with Crippen LogP contribution in [0.15, 0.2) is 48.8 Å². The van der Waals surface area contributed by atoms with Gasteiger partial charge in [-0.3, -0.25) is 14.6 Å². The van der Waals surface area contributed by atoms with Crippen molar-refractivity contribution in [2.45, 2.75) is 25.8 Å². The number of nitrogens with zero attached hydrogens (tertiary/aromatic N) is 1. The molecular formula is C20H26Cl2N4O2. The van der Waals surface area contributed by atoms with Crippen molar-refractivity contribution in [3.05, 3.63) is 59.9 Å². The molecule has 1 aromatic heterocycles. The van der Waals surface area contributed by atoms with E-state index in [-0.39, 0.29) is 36.6 Å². The predicted molar refractivity (Wildman–Crippen MR) is 115 cm³/mol. The maximum absolute atomic E-state index is 12.1. The summed E-state index contributed by atoms with van der Waals surface area (Å²) in [6, 6.07) is 10.8. The van der Waals surface area contributed by atoms with E-state index in [4.69, 9.17) is 0 Å². The molecule has 0 aliphatic carbocycles. The fourth-order valence-electron chi connectivity index (χ4n) is 3.00. The lowest BCUT2D eigenvalue weighted by atomic mass is 10.0. The van der Waals surface area contributed by atoms with E-state index < -0.39 is 0 Å². The maximum atomic E-state index is 12.1. The lowest BCUT2D eigenvalue weighted by molar-refractivity contribution is -0.121. The Kier molecular flexibility index (Phi) is 10.5. The number of benzene rings is 1. The first-order chi connectivity index (χ1) is 12.7. The number of halogens is 2. The largest absolute Gasteiger partial charge is 0.352 e. The van der Waals surface area contributed by atoms with Crippen LogP contribution in [0.4, 0.5) is 5.69 Å². The number of hydrogen-bond donors (Lipinski definition) is 3. The van der Waals surface area contributed by atoms with E-state index in [0.717, 1.165) is 30.8 Å². The second-order valence-corrected chi connectivity index (χ2v) is 6.56. The molecule has 0 saturated carbocycles. The van der Waals surface area contributed by atoms with Crippen LogP contribution in [0.3, 0.4) is 0 Å². The van der Waals surface area contributed by atoms with Crippen molar-refractivity contribution in [2.75, 3.05) is 18.4 Å². The highest BCUT2D eigenvalue weighted by Gasteiger charge is 2.15. The van der Waals surface area contributed by atoms with Crippen LogP contribution in [-0.4, -0.2) is 29.9 Å². The molecule has 6 nitrogen and oxygen atoms in total. The summed E-state index contributed by atoms with van der Waals surface area (Å²) < 4.78 is 0. The highest BCUT2D eigenvalue weighted by atomic mass is 35.5. The molecule has 2 heterocycles. The number of rotatable bonds is 7. The number of pyridine rings is 1. The molecule has 0 spiro atoms. The Morgan fingerprint density at radius 2 is 1.79 bits per heavy atom. The molecule has 1 unspecified atom stereocenters. The van der Waals surface area contributed by atoms with Crippen molar-refractivity contribution in [3.63, 3.8) is 0 Å². The molecule has 1 saturated heterocycles. The average Bonchev–Trinajstić information content (AvgIpc) is 3.20. The normalized spacial score (nSPS) is 15.1. The molecule has 1 fully saturated rings. The van der Waals surface area contributed by atoms with Crippen molar-refractivity contribution in [1.29, 1.82) is 0 Å². The smallest absolute Gasteiger partial charge is 0.255 e. The highest BCUT2D eigenvalue weighted by molar-refractivity contribution is 6.04. The number of anilines is 1. The minimum Gasteiger partial charge on any atom is -0.352 e. The summed E-state index contributed by atoms with van der Waals surface area (Å²) >= 11 is 0. The van der Waals surface area contributed by atoms with Crippen molar-refractivity contribution in [2.24, 2.45) is 5.92 Å². The van der Waals surface area contributed by atoms with Gasteiger partial charge in [0.1, 0.15) is 0 Å². The lowest BCUT2D eigenvalue weighted by Crippen LogP contribution is -2.23. The van der Waals surface area contributed by atoms with Crippen LogP contribution in [0.25, 0.3) is 0 Å². The van der Waals surface area contributed by atoms with E-state index >= 15 is 0 Å². The van der Waals surface area contributed by atoms with Gasteiger partial charge in [-0.05, 0) is 61.7 Å². The molecule has 0 radical (unpaired) electrons. The van der Waals surface area contributed by atoms with E-state index in [9.17, 15) is 9.59 Å². The van der Waals surface area contributed by atoms with Crippen LogP contribution in [-0.2, 0) is 11.3 Å². The Hall–Kier alpha value is -2.15. The van der Waals surface area contributed by atoms with Gasteiger partial charge in [0.25, 0.3) is 5.91 Å². The second-order valence-electron chi connectivity index (χ2n) is 6.56. The maximum Gasteiger partial charge on any atom is 0.255 e. The minimum atomic E-state index is -0.171. The van der Waals surface area contributed by atoms with Gasteiger partial charge in [-0.2, -0.15) is 0 Å². The summed E-state index contributed by atoms with van der Waals surface area (Å²) in [4.78, 5) is 27.9. The number of hydrogen-bond acceptors (Lipinski definition) is 4. The summed E-state index contributed by atoms with van der Waals surface area (Å²) in [5.74, 6) is 0.547. The topological polar surface area (TPSA) is 83.1 Å². The van der Waals surface area contributed by atoms with Gasteiger partial charge in [-0.1, -0.05) is 12.1 Å². The highest BCUT2D eigenvalue weighted by Crippen LogP contribution is 2.14. The third-order valence-electron chi connectivity index (χ3n) is 4.59. The standard InChI is InChI=1S/C20H24N4O2.2ClH/c25-19(6-3-16-7-10-22-13-16)23-14-15-1-4-18(5-2-15)24-20(26)17-8-11-21-12-9-17;;/h1-2,4-5,8-9,11-12,16,22H,3,6-7,10,13-14H2,(H,23,25)(H,24,26);2*1H. The number of nitrogens with one attached hydrogen (secondary N) is 3. The third-order valence-corrected chi connectivity index (χ3v) is 4.59. The molecule has 0 bridgehead atoms. The summed E-state index contributed by atoms with van der Waals surface area (Å²) in [5, 5.41) is 9.12. The Bertz CT molecular complexity index is 736. The zero-order valence-electron chi connectivity index (χ0n) is 15.5. The van der Waals surface area contributed by atoms with E-state index in [1.165, 1.54) is 6.42 Å². The van der Waals surface area contributed by atoms with Gasteiger partial charge in [-0.25, -0.2) is 0 Å². The Morgan fingerprint density at radius 1 is 1.07 bits per heavy atom. The molecule has 28 heavy (non-hydrogen) atoms. The Labute approximate surface area is 177 Å². The molecule has 1 atom stereocenters. The summed E-state index contributed by atoms with van der Waals surface area (Å²) in [6.45, 7) is 2.59. The molecular weight excluding hydrogens is 399 g/mol. The van der Waals surface area contributed by atoms with Gasteiger partial charge in [0.2, 0.25) is 5.91 Å². The molecule has 152 valence electrons. The number of amides is 2. The lowest BCUT2D eigenvalue weighted by Gasteiger charge is -2.10. The van der Waals surface area contributed by atoms with Gasteiger partial charge >= 0.3 is 0 Å². The Balaban J connectivity index is 0.00000196. The third kappa shape index (κ3) is 7.46. The van der Waals surface area contributed by atoms with Gasteiger partial charge in [0.15, 0.2) is 0 Å². The van der Waals surface area contributed by atoms with E-state index in [1.54, 1.807) is 24.5 Å². The van der Waals surface area contributed by atoms with Crippen LogP contribution in [0.1, 0.15) is 35.2 Å². The van der Waals surface area contributed by atoms with Gasteiger partial charge in [0.05, 0.1) is 0 Å². The van der Waals surface area contributed by atoms with Crippen LogP contribution in [0, 0.1) is 5.92 Å². The first-order valence-electron chi connectivity index (χ1n) is 8.98. The van der Waals surface area contributed by atoms with Crippen molar-refractivity contribution in [3.8, 4) is 0 Å². The molecule has 3 N–H and O–H groups in total. The van der Waals surface area contributed by atoms with Gasteiger partial charge in [0, 0.05) is 36.6 Å². The first-order valence-corrected chi connectivity index (χ1v) is 8.98. The van der Waals surface area contributed by atoms with Crippen LogP contribution in [0.2, 0.25) is 0 Å². The molecule has 1 aromatic carbocycles. The molecule has 1 aliphatic heterocycles. The monoisotopic (exact) mass is 424 g/mol. The van der Waals surface area contributed by atoms with Crippen molar-refractivity contribution >= 4 is 42.3 Å². The van der Waals surface area contributed by atoms with Crippen molar-refractivity contribution in [1.82, 2.24) is 15.6 Å². The van der Waals surface area contributed by atoms with Crippen LogP contribution in [0.5, 0.6) is 0 Å². The second kappa shape index (κ2) is 12.3. The molecule has 8 heteroatoms.